The van der Waals surface area contributed by atoms with Crippen molar-refractivity contribution in [3.8, 4) is 0 Å². The standard InChI is InChI=1S/C17H23F3N4O3S/c1-4-6-7-14(10-21-26)24-11-15(13(3)22-24)23(5-2)16(25)8-9-28(27)12-17(18,19)20/h4,6-7,10-11,26H,5,8-9,12H2,1-3H3/b6-4-,14-7+,21-10+. The van der Waals surface area contributed by atoms with Crippen molar-refractivity contribution in [3.63, 3.8) is 0 Å². The van der Waals surface area contributed by atoms with Crippen LogP contribution in [0.5, 0.6) is 0 Å². The lowest BCUT2D eigenvalue weighted by molar-refractivity contribution is -0.118. The molecule has 1 unspecified atom stereocenters. The molecule has 28 heavy (non-hydrogen) atoms. The Bertz CT molecular complexity index is 785. The van der Waals surface area contributed by atoms with E-state index in [0.29, 0.717) is 17.1 Å². The fraction of sp³-hybridized carbons (Fsp3) is 0.471. The van der Waals surface area contributed by atoms with Crippen LogP contribution < -0.4 is 4.90 Å². The van der Waals surface area contributed by atoms with E-state index in [4.69, 9.17) is 5.21 Å². The third-order valence-electron chi connectivity index (χ3n) is 3.56. The number of carbonyl (C=O) groups excluding carboxylic acids is 1. The number of aryl methyl sites for hydroxylation is 1. The van der Waals surface area contributed by atoms with Gasteiger partial charge in [-0.1, -0.05) is 17.3 Å². The fourth-order valence-electron chi connectivity index (χ4n) is 2.35. The van der Waals surface area contributed by atoms with Gasteiger partial charge in [-0.2, -0.15) is 18.3 Å². The first-order chi connectivity index (χ1) is 13.1. The highest BCUT2D eigenvalue weighted by molar-refractivity contribution is 7.85. The number of nitrogens with zero attached hydrogens (tertiary/aromatic N) is 4. The maximum absolute atomic E-state index is 12.5. The van der Waals surface area contributed by atoms with Gasteiger partial charge in [-0.25, -0.2) is 4.68 Å². The number of hydrogen-bond donors (Lipinski definition) is 1. The van der Waals surface area contributed by atoms with Gasteiger partial charge in [0.1, 0.15) is 5.75 Å². The van der Waals surface area contributed by atoms with E-state index >= 15 is 0 Å². The van der Waals surface area contributed by atoms with Crippen molar-refractivity contribution in [2.24, 2.45) is 5.16 Å². The van der Waals surface area contributed by atoms with Crippen LogP contribution in [-0.4, -0.2) is 55.5 Å². The number of hydrogen-bond acceptors (Lipinski definition) is 5. The molecular weight excluding hydrogens is 397 g/mol. The molecule has 156 valence electrons. The Kier molecular flexibility index (Phi) is 9.10. The summed E-state index contributed by atoms with van der Waals surface area (Å²) < 4.78 is 49.7. The van der Waals surface area contributed by atoms with E-state index in [0.717, 1.165) is 0 Å². The lowest BCUT2D eigenvalue weighted by atomic mass is 10.3. The minimum absolute atomic E-state index is 0.263. The number of carbonyl (C=O) groups is 1. The Labute approximate surface area is 163 Å². The molecular formula is C17H23F3N4O3S. The van der Waals surface area contributed by atoms with Crippen molar-refractivity contribution < 1.29 is 27.4 Å². The van der Waals surface area contributed by atoms with E-state index in [1.807, 2.05) is 6.92 Å². The van der Waals surface area contributed by atoms with Crippen molar-refractivity contribution in [1.82, 2.24) is 9.78 Å². The zero-order chi connectivity index (χ0) is 21.3. The van der Waals surface area contributed by atoms with Gasteiger partial charge in [-0.15, -0.1) is 0 Å². The molecule has 1 aromatic rings. The normalized spacial score (nSPS) is 14.1. The first-order valence-corrected chi connectivity index (χ1v) is 9.90. The van der Waals surface area contributed by atoms with Gasteiger partial charge < -0.3 is 10.1 Å². The zero-order valence-corrected chi connectivity index (χ0v) is 16.6. The highest BCUT2D eigenvalue weighted by atomic mass is 32.2. The van der Waals surface area contributed by atoms with Crippen LogP contribution in [0.3, 0.4) is 0 Å². The van der Waals surface area contributed by atoms with E-state index < -0.39 is 28.6 Å². The molecule has 0 aliphatic heterocycles. The quantitative estimate of drug-likeness (QED) is 0.288. The molecule has 0 aromatic carbocycles. The van der Waals surface area contributed by atoms with Gasteiger partial charge in [0.15, 0.2) is 0 Å². The second-order valence-corrected chi connectivity index (χ2v) is 7.27. The van der Waals surface area contributed by atoms with Crippen LogP contribution >= 0.6 is 0 Å². The van der Waals surface area contributed by atoms with Crippen LogP contribution in [-0.2, 0) is 15.6 Å². The van der Waals surface area contributed by atoms with Crippen LogP contribution in [0, 0.1) is 6.92 Å². The molecule has 0 radical (unpaired) electrons. The van der Waals surface area contributed by atoms with Crippen LogP contribution in [0.2, 0.25) is 0 Å². The Morgan fingerprint density at radius 1 is 1.46 bits per heavy atom. The van der Waals surface area contributed by atoms with Gasteiger partial charge in [-0.05, 0) is 26.8 Å². The monoisotopic (exact) mass is 420 g/mol. The topological polar surface area (TPSA) is 87.8 Å². The zero-order valence-electron chi connectivity index (χ0n) is 15.8. The highest BCUT2D eigenvalue weighted by Crippen LogP contribution is 2.22. The van der Waals surface area contributed by atoms with Gasteiger partial charge in [0.05, 0.1) is 29.5 Å². The number of alkyl halides is 3. The molecule has 1 aromatic heterocycles. The summed E-state index contributed by atoms with van der Waals surface area (Å²) >= 11 is 0. The van der Waals surface area contributed by atoms with Crippen LogP contribution in [0.4, 0.5) is 18.9 Å². The van der Waals surface area contributed by atoms with Crippen molar-refractivity contribution >= 4 is 34.3 Å². The smallest absolute Gasteiger partial charge is 0.400 e. The molecule has 1 rings (SSSR count). The molecule has 1 N–H and O–H groups in total. The lowest BCUT2D eigenvalue weighted by Gasteiger charge is -2.20. The molecule has 11 heteroatoms. The molecule has 1 amide bonds. The number of oxime groups is 1. The summed E-state index contributed by atoms with van der Waals surface area (Å²) in [7, 11) is -2.15. The summed E-state index contributed by atoms with van der Waals surface area (Å²) in [4.78, 5) is 13.8. The lowest BCUT2D eigenvalue weighted by Crippen LogP contribution is -2.32. The van der Waals surface area contributed by atoms with E-state index in [1.165, 1.54) is 15.8 Å². The van der Waals surface area contributed by atoms with Gasteiger partial charge in [0.2, 0.25) is 5.91 Å². The third-order valence-corrected chi connectivity index (χ3v) is 4.87. The fourth-order valence-corrected chi connectivity index (χ4v) is 3.26. The molecule has 1 atom stereocenters. The number of aromatic nitrogens is 2. The third kappa shape index (κ3) is 7.29. The van der Waals surface area contributed by atoms with Crippen LogP contribution in [0.25, 0.3) is 5.70 Å². The Morgan fingerprint density at radius 3 is 2.68 bits per heavy atom. The molecule has 7 nitrogen and oxygen atoms in total. The van der Waals surface area contributed by atoms with Crippen molar-refractivity contribution in [1.29, 1.82) is 0 Å². The summed E-state index contributed by atoms with van der Waals surface area (Å²) in [5, 5.41) is 16.1. The first-order valence-electron chi connectivity index (χ1n) is 8.42. The molecule has 1 heterocycles. The van der Waals surface area contributed by atoms with E-state index in [9.17, 15) is 22.2 Å². The number of rotatable bonds is 9. The van der Waals surface area contributed by atoms with Gasteiger partial charge >= 0.3 is 6.18 Å². The number of amides is 1. The van der Waals surface area contributed by atoms with Gasteiger partial charge in [-0.3, -0.25) is 9.00 Å². The van der Waals surface area contributed by atoms with E-state index in [2.05, 4.69) is 10.3 Å². The number of allylic oxidation sites excluding steroid dienone is 4. The largest absolute Gasteiger partial charge is 0.411 e. The minimum Gasteiger partial charge on any atom is -0.411 e. The molecule has 0 spiro atoms. The van der Waals surface area contributed by atoms with Crippen molar-refractivity contribution in [3.05, 3.63) is 30.1 Å². The number of halogens is 3. The Hall–Kier alpha value is -2.43. The van der Waals surface area contributed by atoms with E-state index in [1.54, 1.807) is 38.3 Å². The average Bonchev–Trinajstić information content (AvgIpc) is 2.97. The first kappa shape index (κ1) is 23.6. The second kappa shape index (κ2) is 10.8. The predicted octanol–water partition coefficient (Wildman–Crippen LogP) is 3.12. The Morgan fingerprint density at radius 2 is 2.14 bits per heavy atom. The Balaban J connectivity index is 2.99. The highest BCUT2D eigenvalue weighted by Gasteiger charge is 2.30. The maximum Gasteiger partial charge on any atom is 0.400 e. The van der Waals surface area contributed by atoms with E-state index in [-0.39, 0.29) is 18.7 Å². The van der Waals surface area contributed by atoms with Gasteiger partial charge in [0, 0.05) is 29.5 Å². The SMILES string of the molecule is C\C=C/C=C(\C=N\O)n1cc(N(CC)C(=O)CCS(=O)CC(F)(F)F)c(C)n1. The average molecular weight is 420 g/mol. The van der Waals surface area contributed by atoms with Gasteiger partial charge in [0.25, 0.3) is 0 Å². The molecule has 0 saturated heterocycles. The summed E-state index contributed by atoms with van der Waals surface area (Å²) in [5.74, 6) is -2.25. The molecule has 0 aliphatic carbocycles. The second-order valence-electron chi connectivity index (χ2n) is 5.70. The molecule has 0 saturated carbocycles. The van der Waals surface area contributed by atoms with Crippen LogP contribution in [0.15, 0.2) is 29.6 Å². The summed E-state index contributed by atoms with van der Waals surface area (Å²) in [5.41, 5.74) is 1.40. The maximum atomic E-state index is 12.5. The molecule has 0 fully saturated rings. The van der Waals surface area contributed by atoms with Crippen molar-refractivity contribution in [2.75, 3.05) is 23.0 Å². The summed E-state index contributed by atoms with van der Waals surface area (Å²) in [6.45, 7) is 5.46. The summed E-state index contributed by atoms with van der Waals surface area (Å²) in [6.07, 6.45) is 3.06. The number of anilines is 1. The van der Waals surface area contributed by atoms with Crippen LogP contribution in [0.1, 0.15) is 26.0 Å². The van der Waals surface area contributed by atoms with Crippen molar-refractivity contribution in [2.45, 2.75) is 33.4 Å². The summed E-state index contributed by atoms with van der Waals surface area (Å²) in [6, 6.07) is 0. The predicted molar refractivity (Wildman–Crippen MR) is 103 cm³/mol. The minimum atomic E-state index is -4.53. The molecule has 0 aliphatic rings. The molecule has 0 bridgehead atoms.